The van der Waals surface area contributed by atoms with Gasteiger partial charge in [0.1, 0.15) is 23.8 Å². The molecule has 0 aliphatic carbocycles. The summed E-state index contributed by atoms with van der Waals surface area (Å²) in [5.74, 6) is 0.899. The molecule has 1 amide bonds. The maximum atomic E-state index is 13.2. The number of aromatic nitrogens is 2. The van der Waals surface area contributed by atoms with Crippen LogP contribution < -0.4 is 10.3 Å². The molecule has 30 heavy (non-hydrogen) atoms. The van der Waals surface area contributed by atoms with E-state index in [-0.39, 0.29) is 29.6 Å². The standard InChI is InChI=1S/C22H22ClN3O4/c1-12-8-13(2)24-21(27)17(12)10-26-7-6-15-4-5-18(20(23)19(15)22(26)28)29-11-16-9-14(3)30-25-16/h4-5,8-9H,6-7,10-11H2,1-3H3,(H,24,27). The fourth-order valence-electron chi connectivity index (χ4n) is 3.72. The number of nitrogens with one attached hydrogen (secondary N) is 1. The van der Waals surface area contributed by atoms with Crippen molar-refractivity contribution in [1.82, 2.24) is 15.0 Å². The molecule has 1 aliphatic rings. The van der Waals surface area contributed by atoms with Crippen LogP contribution in [0.2, 0.25) is 5.02 Å². The van der Waals surface area contributed by atoms with E-state index in [1.807, 2.05) is 26.0 Å². The molecule has 1 N–H and O–H groups in total. The second-order valence-corrected chi connectivity index (χ2v) is 7.93. The van der Waals surface area contributed by atoms with Crippen LogP contribution in [0.25, 0.3) is 0 Å². The molecule has 4 rings (SSSR count). The Hall–Kier alpha value is -3.06. The van der Waals surface area contributed by atoms with Crippen LogP contribution in [0.1, 0.15) is 44.2 Å². The lowest BCUT2D eigenvalue weighted by molar-refractivity contribution is 0.0725. The van der Waals surface area contributed by atoms with Crippen LogP contribution in [0.3, 0.4) is 0 Å². The minimum Gasteiger partial charge on any atom is -0.486 e. The first-order chi connectivity index (χ1) is 14.3. The van der Waals surface area contributed by atoms with Crippen molar-refractivity contribution in [3.63, 3.8) is 0 Å². The number of amides is 1. The van der Waals surface area contributed by atoms with Crippen molar-refractivity contribution >= 4 is 17.5 Å². The number of carbonyl (C=O) groups excluding carboxylic acids is 1. The number of nitrogens with zero attached hydrogens (tertiary/aromatic N) is 2. The van der Waals surface area contributed by atoms with Gasteiger partial charge in [-0.15, -0.1) is 0 Å². The van der Waals surface area contributed by atoms with Crippen molar-refractivity contribution in [2.45, 2.75) is 40.3 Å². The van der Waals surface area contributed by atoms with Crippen LogP contribution in [0.4, 0.5) is 0 Å². The Balaban J connectivity index is 1.58. The number of rotatable bonds is 5. The Bertz CT molecular complexity index is 1180. The van der Waals surface area contributed by atoms with Crippen molar-refractivity contribution in [3.8, 4) is 5.75 Å². The molecule has 0 saturated heterocycles. The van der Waals surface area contributed by atoms with Gasteiger partial charge in [-0.1, -0.05) is 22.8 Å². The first-order valence-electron chi connectivity index (χ1n) is 9.68. The molecule has 156 valence electrons. The van der Waals surface area contributed by atoms with Gasteiger partial charge in [0.2, 0.25) is 0 Å². The third-order valence-electron chi connectivity index (χ3n) is 5.24. The summed E-state index contributed by atoms with van der Waals surface area (Å²) >= 11 is 6.56. The van der Waals surface area contributed by atoms with Crippen LogP contribution >= 0.6 is 11.6 Å². The normalized spacial score (nSPS) is 13.5. The Labute approximate surface area is 178 Å². The van der Waals surface area contributed by atoms with E-state index in [2.05, 4.69) is 10.1 Å². The third kappa shape index (κ3) is 3.85. The minimum atomic E-state index is -0.205. The highest BCUT2D eigenvalue weighted by Crippen LogP contribution is 2.35. The summed E-state index contributed by atoms with van der Waals surface area (Å²) in [6, 6.07) is 7.32. The van der Waals surface area contributed by atoms with Gasteiger partial charge >= 0.3 is 0 Å². The fraction of sp³-hybridized carbons (Fsp3) is 0.318. The molecular formula is C22H22ClN3O4. The molecule has 8 heteroatoms. The molecule has 0 bridgehead atoms. The summed E-state index contributed by atoms with van der Waals surface area (Å²) in [7, 11) is 0. The number of halogens is 1. The van der Waals surface area contributed by atoms with Gasteiger partial charge in [-0.3, -0.25) is 9.59 Å². The van der Waals surface area contributed by atoms with Gasteiger partial charge in [0.05, 0.1) is 17.1 Å². The molecule has 0 fully saturated rings. The molecule has 0 unspecified atom stereocenters. The molecule has 1 aliphatic heterocycles. The van der Waals surface area contributed by atoms with Gasteiger partial charge < -0.3 is 19.1 Å². The average Bonchev–Trinajstić information content (AvgIpc) is 3.10. The van der Waals surface area contributed by atoms with Crippen molar-refractivity contribution in [2.75, 3.05) is 6.54 Å². The number of carbonyl (C=O) groups is 1. The van der Waals surface area contributed by atoms with E-state index in [0.717, 1.165) is 16.8 Å². The predicted octanol–water partition coefficient (Wildman–Crippen LogP) is 3.72. The van der Waals surface area contributed by atoms with Gasteiger partial charge in [-0.2, -0.15) is 0 Å². The van der Waals surface area contributed by atoms with Crippen molar-refractivity contribution in [1.29, 1.82) is 0 Å². The van der Waals surface area contributed by atoms with Gasteiger partial charge in [0, 0.05) is 23.9 Å². The molecule has 7 nitrogen and oxygen atoms in total. The maximum Gasteiger partial charge on any atom is 0.256 e. The van der Waals surface area contributed by atoms with Crippen LogP contribution in [0, 0.1) is 20.8 Å². The summed E-state index contributed by atoms with van der Waals surface area (Å²) in [5, 5.41) is 4.17. The zero-order chi connectivity index (χ0) is 21.4. The van der Waals surface area contributed by atoms with Gasteiger partial charge in [-0.05, 0) is 50.5 Å². The lowest BCUT2D eigenvalue weighted by Crippen LogP contribution is -2.39. The largest absolute Gasteiger partial charge is 0.486 e. The number of aryl methyl sites for hydroxylation is 3. The molecular weight excluding hydrogens is 406 g/mol. The van der Waals surface area contributed by atoms with Crippen molar-refractivity contribution < 1.29 is 14.1 Å². The second kappa shape index (κ2) is 7.99. The zero-order valence-electron chi connectivity index (χ0n) is 17.0. The molecule has 0 spiro atoms. The predicted molar refractivity (Wildman–Crippen MR) is 112 cm³/mol. The Morgan fingerprint density at radius 3 is 2.73 bits per heavy atom. The van der Waals surface area contributed by atoms with Crippen LogP contribution in [-0.2, 0) is 19.6 Å². The lowest BCUT2D eigenvalue weighted by atomic mass is 9.97. The Morgan fingerprint density at radius 2 is 2.03 bits per heavy atom. The summed E-state index contributed by atoms with van der Waals surface area (Å²) in [6.45, 7) is 6.46. The first kappa shape index (κ1) is 20.2. The molecule has 3 heterocycles. The number of fused-ring (bicyclic) bond motifs is 1. The molecule has 1 aromatic carbocycles. The average molecular weight is 428 g/mol. The number of aromatic amines is 1. The number of pyridine rings is 1. The quantitative estimate of drug-likeness (QED) is 0.670. The number of hydrogen-bond acceptors (Lipinski definition) is 5. The number of hydrogen-bond donors (Lipinski definition) is 1. The highest BCUT2D eigenvalue weighted by Gasteiger charge is 2.29. The number of benzene rings is 1. The lowest BCUT2D eigenvalue weighted by Gasteiger charge is -2.30. The van der Waals surface area contributed by atoms with Gasteiger partial charge in [0.15, 0.2) is 0 Å². The molecule has 2 aromatic heterocycles. The highest BCUT2D eigenvalue weighted by atomic mass is 35.5. The monoisotopic (exact) mass is 427 g/mol. The smallest absolute Gasteiger partial charge is 0.256 e. The molecule has 3 aromatic rings. The third-order valence-corrected chi connectivity index (χ3v) is 5.62. The summed E-state index contributed by atoms with van der Waals surface area (Å²) in [5.41, 5.74) is 4.02. The van der Waals surface area contributed by atoms with Gasteiger partial charge in [0.25, 0.3) is 11.5 Å². The topological polar surface area (TPSA) is 88.4 Å². The van der Waals surface area contributed by atoms with E-state index in [1.165, 1.54) is 0 Å². The minimum absolute atomic E-state index is 0.169. The van der Waals surface area contributed by atoms with E-state index in [0.29, 0.717) is 41.3 Å². The van der Waals surface area contributed by atoms with Crippen LogP contribution in [0.5, 0.6) is 5.75 Å². The van der Waals surface area contributed by atoms with Crippen molar-refractivity contribution in [3.05, 3.63) is 79.0 Å². The Kier molecular flexibility index (Phi) is 5.39. The SMILES string of the molecule is Cc1cc(C)c(CN2CCc3ccc(OCc4cc(C)on4)c(Cl)c3C2=O)c(=O)[nH]1. The van der Waals surface area contributed by atoms with E-state index in [1.54, 1.807) is 24.0 Å². The number of ether oxygens (including phenoxy) is 1. The fourth-order valence-corrected chi connectivity index (χ4v) is 4.04. The second-order valence-electron chi connectivity index (χ2n) is 7.55. The van der Waals surface area contributed by atoms with E-state index in [9.17, 15) is 9.59 Å². The zero-order valence-corrected chi connectivity index (χ0v) is 17.8. The van der Waals surface area contributed by atoms with Gasteiger partial charge in [-0.25, -0.2) is 0 Å². The first-order valence-corrected chi connectivity index (χ1v) is 10.1. The molecule has 0 atom stereocenters. The summed E-state index contributed by atoms with van der Waals surface area (Å²) in [6.07, 6.45) is 0.659. The van der Waals surface area contributed by atoms with Crippen LogP contribution in [0.15, 0.2) is 33.6 Å². The summed E-state index contributed by atoms with van der Waals surface area (Å²) < 4.78 is 10.8. The molecule has 0 radical (unpaired) electrons. The highest BCUT2D eigenvalue weighted by molar-refractivity contribution is 6.35. The Morgan fingerprint density at radius 1 is 1.23 bits per heavy atom. The van der Waals surface area contributed by atoms with E-state index in [4.69, 9.17) is 20.9 Å². The van der Waals surface area contributed by atoms with E-state index < -0.39 is 0 Å². The maximum absolute atomic E-state index is 13.2. The number of H-pyrrole nitrogens is 1. The van der Waals surface area contributed by atoms with Crippen LogP contribution in [-0.4, -0.2) is 27.5 Å². The van der Waals surface area contributed by atoms with E-state index >= 15 is 0 Å². The summed E-state index contributed by atoms with van der Waals surface area (Å²) in [4.78, 5) is 30.0. The van der Waals surface area contributed by atoms with Crippen molar-refractivity contribution in [2.24, 2.45) is 0 Å². The molecule has 0 saturated carbocycles.